The summed E-state index contributed by atoms with van der Waals surface area (Å²) in [6, 6.07) is 16.0. The second-order valence-corrected chi connectivity index (χ2v) is 6.19. The number of alkyl halides is 2. The minimum Gasteiger partial charge on any atom is -0.434 e. The molecular formula is C17H17F2NO2S. The van der Waals surface area contributed by atoms with Gasteiger partial charge in [-0.3, -0.25) is 4.79 Å². The summed E-state index contributed by atoms with van der Waals surface area (Å²) in [4.78, 5) is 13.1. The largest absolute Gasteiger partial charge is 0.434 e. The molecule has 1 N–H and O–H groups in total. The van der Waals surface area contributed by atoms with Gasteiger partial charge in [-0.05, 0) is 25.1 Å². The van der Waals surface area contributed by atoms with Crippen LogP contribution in [0.15, 0.2) is 59.5 Å². The van der Waals surface area contributed by atoms with Crippen molar-refractivity contribution in [2.45, 2.75) is 30.2 Å². The van der Waals surface area contributed by atoms with E-state index in [1.807, 2.05) is 30.3 Å². The fourth-order valence-corrected chi connectivity index (χ4v) is 2.86. The van der Waals surface area contributed by atoms with Crippen LogP contribution in [0.5, 0.6) is 5.75 Å². The topological polar surface area (TPSA) is 38.3 Å². The Morgan fingerprint density at radius 1 is 1.13 bits per heavy atom. The van der Waals surface area contributed by atoms with Crippen molar-refractivity contribution in [3.8, 4) is 5.75 Å². The molecular weight excluding hydrogens is 320 g/mol. The van der Waals surface area contributed by atoms with Gasteiger partial charge in [0.15, 0.2) is 0 Å². The molecule has 0 aliphatic rings. The lowest BCUT2D eigenvalue weighted by Gasteiger charge is -2.14. The molecule has 1 unspecified atom stereocenters. The van der Waals surface area contributed by atoms with Gasteiger partial charge in [0.1, 0.15) is 5.75 Å². The normalized spacial score (nSPS) is 12.0. The molecule has 0 radical (unpaired) electrons. The maximum absolute atomic E-state index is 12.4. The van der Waals surface area contributed by atoms with Crippen molar-refractivity contribution >= 4 is 17.7 Å². The second kappa shape index (κ2) is 8.53. The summed E-state index contributed by atoms with van der Waals surface area (Å²) in [6.07, 6.45) is 0. The molecule has 2 rings (SSSR count). The van der Waals surface area contributed by atoms with Gasteiger partial charge in [-0.1, -0.05) is 36.4 Å². The Balaban J connectivity index is 1.91. The Hall–Kier alpha value is -2.08. The van der Waals surface area contributed by atoms with E-state index < -0.39 is 6.61 Å². The number of amides is 1. The van der Waals surface area contributed by atoms with E-state index in [4.69, 9.17) is 0 Å². The maximum atomic E-state index is 12.4. The Bertz CT molecular complexity index is 638. The highest BCUT2D eigenvalue weighted by Crippen LogP contribution is 2.23. The van der Waals surface area contributed by atoms with E-state index in [0.29, 0.717) is 5.56 Å². The lowest BCUT2D eigenvalue weighted by molar-refractivity contribution is -0.120. The van der Waals surface area contributed by atoms with Crippen molar-refractivity contribution in [1.29, 1.82) is 0 Å². The summed E-state index contributed by atoms with van der Waals surface area (Å²) in [5.74, 6) is -0.0862. The molecule has 1 amide bonds. The molecule has 122 valence electrons. The third-order valence-electron chi connectivity index (χ3n) is 3.07. The molecule has 0 bridgehead atoms. The molecule has 2 aromatic rings. The van der Waals surface area contributed by atoms with Crippen molar-refractivity contribution in [3.05, 3.63) is 60.2 Å². The smallest absolute Gasteiger partial charge is 0.387 e. The molecule has 0 spiro atoms. The first-order valence-corrected chi connectivity index (χ1v) is 7.96. The summed E-state index contributed by atoms with van der Waals surface area (Å²) < 4.78 is 29.2. The van der Waals surface area contributed by atoms with Gasteiger partial charge in [0.2, 0.25) is 5.91 Å². The van der Waals surface area contributed by atoms with Crippen molar-refractivity contribution in [3.63, 3.8) is 0 Å². The van der Waals surface area contributed by atoms with Crippen molar-refractivity contribution in [1.82, 2.24) is 5.32 Å². The van der Waals surface area contributed by atoms with Gasteiger partial charge in [0.25, 0.3) is 0 Å². The number of ether oxygens (including phenoxy) is 1. The molecule has 23 heavy (non-hydrogen) atoms. The van der Waals surface area contributed by atoms with Crippen LogP contribution < -0.4 is 10.1 Å². The highest BCUT2D eigenvalue weighted by molar-refractivity contribution is 8.00. The van der Waals surface area contributed by atoms with Crippen LogP contribution >= 0.6 is 11.8 Å². The number of para-hydroxylation sites is 1. The van der Waals surface area contributed by atoms with E-state index in [1.165, 1.54) is 17.8 Å². The molecule has 0 heterocycles. The van der Waals surface area contributed by atoms with Crippen molar-refractivity contribution in [2.24, 2.45) is 0 Å². The molecule has 6 heteroatoms. The quantitative estimate of drug-likeness (QED) is 0.774. The van der Waals surface area contributed by atoms with Gasteiger partial charge in [-0.15, -0.1) is 11.8 Å². The van der Waals surface area contributed by atoms with E-state index >= 15 is 0 Å². The van der Waals surface area contributed by atoms with E-state index in [-0.39, 0.29) is 23.5 Å². The van der Waals surface area contributed by atoms with Crippen LogP contribution in [0.2, 0.25) is 0 Å². The lowest BCUT2D eigenvalue weighted by Crippen LogP contribution is -2.30. The fraction of sp³-hybridized carbons (Fsp3) is 0.235. The van der Waals surface area contributed by atoms with Gasteiger partial charge in [0.05, 0.1) is 5.25 Å². The van der Waals surface area contributed by atoms with E-state index in [0.717, 1.165) is 4.90 Å². The zero-order valence-electron chi connectivity index (χ0n) is 12.5. The number of hydrogen-bond acceptors (Lipinski definition) is 3. The average molecular weight is 337 g/mol. The van der Waals surface area contributed by atoms with Crippen LogP contribution in [-0.2, 0) is 11.3 Å². The predicted molar refractivity (Wildman–Crippen MR) is 86.7 cm³/mol. The van der Waals surface area contributed by atoms with Crippen LogP contribution in [-0.4, -0.2) is 17.8 Å². The molecule has 3 nitrogen and oxygen atoms in total. The molecule has 0 fully saturated rings. The number of carbonyl (C=O) groups excluding carboxylic acids is 1. The summed E-state index contributed by atoms with van der Waals surface area (Å²) in [5, 5.41) is 2.46. The fourth-order valence-electron chi connectivity index (χ4n) is 1.94. The van der Waals surface area contributed by atoms with Crippen molar-refractivity contribution in [2.75, 3.05) is 0 Å². The van der Waals surface area contributed by atoms with E-state index in [1.54, 1.807) is 25.1 Å². The summed E-state index contributed by atoms with van der Waals surface area (Å²) in [7, 11) is 0. The highest BCUT2D eigenvalue weighted by Gasteiger charge is 2.15. The maximum Gasteiger partial charge on any atom is 0.387 e. The third kappa shape index (κ3) is 5.56. The molecule has 2 aromatic carbocycles. The van der Waals surface area contributed by atoms with Gasteiger partial charge >= 0.3 is 6.61 Å². The highest BCUT2D eigenvalue weighted by atomic mass is 32.2. The molecule has 0 saturated heterocycles. The SMILES string of the molecule is CC(Sc1ccccc1)C(=O)NCc1ccccc1OC(F)F. The molecule has 1 atom stereocenters. The lowest BCUT2D eigenvalue weighted by atomic mass is 10.2. The second-order valence-electron chi connectivity index (χ2n) is 4.78. The number of hydrogen-bond donors (Lipinski definition) is 1. The number of benzene rings is 2. The summed E-state index contributed by atoms with van der Waals surface area (Å²) in [5.41, 5.74) is 0.512. The molecule has 0 aromatic heterocycles. The minimum atomic E-state index is -2.89. The van der Waals surface area contributed by atoms with Crippen molar-refractivity contribution < 1.29 is 18.3 Å². The van der Waals surface area contributed by atoms with Crippen LogP contribution in [0.4, 0.5) is 8.78 Å². The van der Waals surface area contributed by atoms with Gasteiger partial charge < -0.3 is 10.1 Å². The molecule has 0 saturated carbocycles. The predicted octanol–water partition coefficient (Wildman–Crippen LogP) is 4.09. The van der Waals surface area contributed by atoms with Crippen LogP contribution in [0.25, 0.3) is 0 Å². The monoisotopic (exact) mass is 337 g/mol. The van der Waals surface area contributed by atoms with E-state index in [2.05, 4.69) is 10.1 Å². The Morgan fingerprint density at radius 2 is 1.78 bits per heavy atom. The third-order valence-corrected chi connectivity index (χ3v) is 4.18. The number of halogens is 2. The van der Waals surface area contributed by atoms with Gasteiger partial charge in [-0.2, -0.15) is 8.78 Å². The standard InChI is InChI=1S/C17H17F2NO2S/c1-12(23-14-8-3-2-4-9-14)16(21)20-11-13-7-5-6-10-15(13)22-17(18)19/h2-10,12,17H,11H2,1H3,(H,20,21). The molecule has 0 aliphatic carbocycles. The number of rotatable bonds is 7. The Kier molecular flexibility index (Phi) is 6.40. The van der Waals surface area contributed by atoms with Crippen LogP contribution in [0, 0.1) is 0 Å². The number of nitrogens with one attached hydrogen (secondary N) is 1. The summed E-state index contributed by atoms with van der Waals surface area (Å²) in [6.45, 7) is -0.949. The van der Waals surface area contributed by atoms with E-state index in [9.17, 15) is 13.6 Å². The average Bonchev–Trinajstić information content (AvgIpc) is 2.54. The number of thioether (sulfide) groups is 1. The summed E-state index contributed by atoms with van der Waals surface area (Å²) >= 11 is 1.44. The first-order chi connectivity index (χ1) is 11.1. The first-order valence-electron chi connectivity index (χ1n) is 7.08. The van der Waals surface area contributed by atoms with Crippen LogP contribution in [0.3, 0.4) is 0 Å². The zero-order valence-corrected chi connectivity index (χ0v) is 13.4. The van der Waals surface area contributed by atoms with Gasteiger partial charge in [-0.25, -0.2) is 0 Å². The first kappa shape index (κ1) is 17.3. The van der Waals surface area contributed by atoms with Gasteiger partial charge in [0, 0.05) is 17.0 Å². The van der Waals surface area contributed by atoms with Crippen LogP contribution in [0.1, 0.15) is 12.5 Å². The number of carbonyl (C=O) groups is 1. The minimum absolute atomic E-state index is 0.0752. The Labute approximate surface area is 138 Å². The molecule has 0 aliphatic heterocycles. The zero-order chi connectivity index (χ0) is 16.7. The Morgan fingerprint density at radius 3 is 2.48 bits per heavy atom.